The predicted molar refractivity (Wildman–Crippen MR) is 37.0 cm³/mol. The molecule has 0 saturated heterocycles. The van der Waals surface area contributed by atoms with Crippen LogP contribution in [-0.4, -0.2) is 12.1 Å². The summed E-state index contributed by atoms with van der Waals surface area (Å²) < 4.78 is 0. The van der Waals surface area contributed by atoms with Crippen LogP contribution in [0.2, 0.25) is 0 Å². The molecule has 0 aromatic heterocycles. The van der Waals surface area contributed by atoms with Gasteiger partial charge in [0.05, 0.1) is 6.04 Å². The summed E-state index contributed by atoms with van der Waals surface area (Å²) in [6.45, 7) is 6.12. The highest BCUT2D eigenvalue weighted by molar-refractivity contribution is 5.33. The lowest BCUT2D eigenvalue weighted by Crippen LogP contribution is -2.10. The lowest BCUT2D eigenvalue weighted by molar-refractivity contribution is 0.475. The van der Waals surface area contributed by atoms with Gasteiger partial charge in [0.2, 0.25) is 6.08 Å². The van der Waals surface area contributed by atoms with Crippen molar-refractivity contribution in [3.05, 3.63) is 0 Å². The topological polar surface area (TPSA) is 29.4 Å². The molecule has 0 fully saturated rings. The number of isocyanates is 1. The van der Waals surface area contributed by atoms with E-state index in [1.807, 2.05) is 6.92 Å². The van der Waals surface area contributed by atoms with E-state index in [1.54, 1.807) is 6.08 Å². The number of nitrogens with zero attached hydrogens (tertiary/aromatic N) is 1. The first-order valence-electron chi connectivity index (χ1n) is 3.29. The SMILES string of the molecule is CC[C@H](N=C=O)C(C)C. The van der Waals surface area contributed by atoms with Crippen LogP contribution < -0.4 is 0 Å². The van der Waals surface area contributed by atoms with Crippen molar-refractivity contribution >= 4 is 6.08 Å². The fraction of sp³-hybridized carbons (Fsp3) is 0.857. The van der Waals surface area contributed by atoms with Crippen LogP contribution in [0.15, 0.2) is 4.99 Å². The van der Waals surface area contributed by atoms with Crippen molar-refractivity contribution in [2.24, 2.45) is 10.9 Å². The highest BCUT2D eigenvalue weighted by Gasteiger charge is 2.07. The van der Waals surface area contributed by atoms with Crippen LogP contribution in [0.5, 0.6) is 0 Å². The molecular formula is C7H13NO. The summed E-state index contributed by atoms with van der Waals surface area (Å²) in [7, 11) is 0. The Kier molecular flexibility index (Phi) is 3.98. The van der Waals surface area contributed by atoms with E-state index < -0.39 is 0 Å². The van der Waals surface area contributed by atoms with Crippen LogP contribution in [0.4, 0.5) is 0 Å². The Morgan fingerprint density at radius 2 is 2.11 bits per heavy atom. The van der Waals surface area contributed by atoms with E-state index in [4.69, 9.17) is 0 Å². The first kappa shape index (κ1) is 8.38. The molecule has 0 aromatic rings. The molecule has 0 aliphatic heterocycles. The fourth-order valence-electron chi connectivity index (χ4n) is 0.779. The van der Waals surface area contributed by atoms with Crippen molar-refractivity contribution in [2.75, 3.05) is 0 Å². The molecule has 52 valence electrons. The summed E-state index contributed by atoms with van der Waals surface area (Å²) in [6.07, 6.45) is 2.50. The zero-order valence-electron chi connectivity index (χ0n) is 6.22. The maximum Gasteiger partial charge on any atom is 0.235 e. The highest BCUT2D eigenvalue weighted by atomic mass is 16.1. The third-order valence-corrected chi connectivity index (χ3v) is 1.41. The average Bonchev–Trinajstić information content (AvgIpc) is 1.82. The quantitative estimate of drug-likeness (QED) is 0.419. The molecule has 9 heavy (non-hydrogen) atoms. The Bertz CT molecular complexity index is 114. The van der Waals surface area contributed by atoms with Gasteiger partial charge in [0.15, 0.2) is 0 Å². The van der Waals surface area contributed by atoms with Crippen molar-refractivity contribution in [1.29, 1.82) is 0 Å². The van der Waals surface area contributed by atoms with Crippen molar-refractivity contribution in [1.82, 2.24) is 0 Å². The van der Waals surface area contributed by atoms with Gasteiger partial charge < -0.3 is 0 Å². The van der Waals surface area contributed by atoms with Crippen molar-refractivity contribution < 1.29 is 4.79 Å². The number of carbonyl (C=O) groups excluding carboxylic acids is 1. The molecule has 0 aliphatic carbocycles. The van der Waals surface area contributed by atoms with Gasteiger partial charge in [-0.25, -0.2) is 9.79 Å². The van der Waals surface area contributed by atoms with Gasteiger partial charge in [0, 0.05) is 0 Å². The van der Waals surface area contributed by atoms with Gasteiger partial charge in [-0.1, -0.05) is 20.8 Å². The summed E-state index contributed by atoms with van der Waals surface area (Å²) in [5, 5.41) is 0. The molecule has 1 atom stereocenters. The second kappa shape index (κ2) is 4.28. The predicted octanol–water partition coefficient (Wildman–Crippen LogP) is 1.76. The van der Waals surface area contributed by atoms with Crippen LogP contribution in [0.25, 0.3) is 0 Å². The largest absolute Gasteiger partial charge is 0.235 e. The molecule has 0 N–H and O–H groups in total. The Balaban J connectivity index is 3.82. The van der Waals surface area contributed by atoms with Crippen LogP contribution >= 0.6 is 0 Å². The number of rotatable bonds is 3. The maximum atomic E-state index is 9.79. The molecule has 0 heterocycles. The first-order valence-corrected chi connectivity index (χ1v) is 3.29. The lowest BCUT2D eigenvalue weighted by atomic mass is 10.0. The maximum absolute atomic E-state index is 9.79. The van der Waals surface area contributed by atoms with E-state index in [1.165, 1.54) is 0 Å². The van der Waals surface area contributed by atoms with E-state index in [9.17, 15) is 4.79 Å². The minimum Gasteiger partial charge on any atom is -0.211 e. The second-order valence-electron chi connectivity index (χ2n) is 2.44. The third kappa shape index (κ3) is 3.04. The van der Waals surface area contributed by atoms with E-state index >= 15 is 0 Å². The zero-order valence-corrected chi connectivity index (χ0v) is 6.22. The third-order valence-electron chi connectivity index (χ3n) is 1.41. The Labute approximate surface area is 56.0 Å². The van der Waals surface area contributed by atoms with Crippen molar-refractivity contribution in [2.45, 2.75) is 33.2 Å². The minimum absolute atomic E-state index is 0.169. The van der Waals surface area contributed by atoms with Gasteiger partial charge in [-0.05, 0) is 12.3 Å². The van der Waals surface area contributed by atoms with Gasteiger partial charge >= 0.3 is 0 Å². The van der Waals surface area contributed by atoms with Crippen LogP contribution in [0, 0.1) is 5.92 Å². The molecule has 0 rings (SSSR count). The second-order valence-corrected chi connectivity index (χ2v) is 2.44. The lowest BCUT2D eigenvalue weighted by Gasteiger charge is -2.09. The molecule has 0 saturated carbocycles. The van der Waals surface area contributed by atoms with Crippen molar-refractivity contribution in [3.63, 3.8) is 0 Å². The molecule has 0 radical (unpaired) electrons. The molecule has 0 aliphatic rings. The summed E-state index contributed by atoms with van der Waals surface area (Å²) >= 11 is 0. The van der Waals surface area contributed by atoms with Gasteiger partial charge in [-0.15, -0.1) is 0 Å². The van der Waals surface area contributed by atoms with E-state index in [2.05, 4.69) is 18.8 Å². The smallest absolute Gasteiger partial charge is 0.211 e. The van der Waals surface area contributed by atoms with Crippen LogP contribution in [-0.2, 0) is 4.79 Å². The molecule has 0 aromatic carbocycles. The average molecular weight is 127 g/mol. The van der Waals surface area contributed by atoms with Gasteiger partial charge in [0.25, 0.3) is 0 Å². The number of hydrogen-bond acceptors (Lipinski definition) is 2. The van der Waals surface area contributed by atoms with Gasteiger partial charge in [-0.3, -0.25) is 0 Å². The van der Waals surface area contributed by atoms with E-state index in [0.717, 1.165) is 6.42 Å². The molecular weight excluding hydrogens is 114 g/mol. The zero-order chi connectivity index (χ0) is 7.28. The molecule has 2 heteroatoms. The first-order chi connectivity index (χ1) is 4.22. The van der Waals surface area contributed by atoms with Gasteiger partial charge in [0.1, 0.15) is 0 Å². The highest BCUT2D eigenvalue weighted by Crippen LogP contribution is 2.08. The number of aliphatic imine (C=N–C) groups is 1. The summed E-state index contributed by atoms with van der Waals surface area (Å²) in [5.41, 5.74) is 0. The van der Waals surface area contributed by atoms with Gasteiger partial charge in [-0.2, -0.15) is 0 Å². The van der Waals surface area contributed by atoms with Crippen LogP contribution in [0.1, 0.15) is 27.2 Å². The van der Waals surface area contributed by atoms with E-state index in [0.29, 0.717) is 5.92 Å². The number of hydrogen-bond donors (Lipinski definition) is 0. The summed E-state index contributed by atoms with van der Waals surface area (Å²) in [5.74, 6) is 0.455. The minimum atomic E-state index is 0.169. The molecule has 0 unspecified atom stereocenters. The molecule has 0 amide bonds. The summed E-state index contributed by atoms with van der Waals surface area (Å²) in [6, 6.07) is 0.169. The van der Waals surface area contributed by atoms with Crippen LogP contribution in [0.3, 0.4) is 0 Å². The van der Waals surface area contributed by atoms with E-state index in [-0.39, 0.29) is 6.04 Å². The van der Waals surface area contributed by atoms with Crippen molar-refractivity contribution in [3.8, 4) is 0 Å². The standard InChI is InChI=1S/C7H13NO/c1-4-7(6(2)3)8-5-9/h6-7H,4H2,1-3H3/t7-/m0/s1. The molecule has 0 spiro atoms. The monoisotopic (exact) mass is 127 g/mol. The Hall–Kier alpha value is -0.620. The summed E-state index contributed by atoms with van der Waals surface area (Å²) in [4.78, 5) is 13.4. The normalized spacial score (nSPS) is 12.9. The Morgan fingerprint density at radius 3 is 2.22 bits per heavy atom. The Morgan fingerprint density at radius 1 is 1.56 bits per heavy atom. The molecule has 2 nitrogen and oxygen atoms in total. The fourth-order valence-corrected chi connectivity index (χ4v) is 0.779. The molecule has 0 bridgehead atoms.